The molecule has 5 nitrogen and oxygen atoms in total. The Kier molecular flexibility index (Phi) is 5.19. The zero-order chi connectivity index (χ0) is 13.7. The van der Waals surface area contributed by atoms with Crippen molar-refractivity contribution in [3.8, 4) is 0 Å². The van der Waals surface area contributed by atoms with Crippen LogP contribution in [0.2, 0.25) is 0 Å². The molecule has 0 aromatic carbocycles. The van der Waals surface area contributed by atoms with E-state index in [1.807, 2.05) is 11.8 Å². The van der Waals surface area contributed by atoms with E-state index in [0.717, 1.165) is 45.2 Å². The van der Waals surface area contributed by atoms with E-state index in [2.05, 4.69) is 10.6 Å². The highest BCUT2D eigenvalue weighted by Crippen LogP contribution is 2.19. The van der Waals surface area contributed by atoms with E-state index >= 15 is 0 Å². The van der Waals surface area contributed by atoms with Gasteiger partial charge in [-0.25, -0.2) is 0 Å². The first-order chi connectivity index (χ1) is 9.20. The molecule has 2 fully saturated rings. The molecule has 2 amide bonds. The lowest BCUT2D eigenvalue weighted by Crippen LogP contribution is -2.50. The molecule has 2 N–H and O–H groups in total. The highest BCUT2D eigenvalue weighted by molar-refractivity contribution is 5.82. The normalized spacial score (nSPS) is 23.5. The topological polar surface area (TPSA) is 61.4 Å². The zero-order valence-electron chi connectivity index (χ0n) is 11.8. The summed E-state index contributed by atoms with van der Waals surface area (Å²) >= 11 is 0. The first-order valence-corrected chi connectivity index (χ1v) is 7.52. The predicted molar refractivity (Wildman–Crippen MR) is 73.7 cm³/mol. The van der Waals surface area contributed by atoms with Crippen molar-refractivity contribution in [2.45, 2.75) is 57.5 Å². The molecule has 0 bridgehead atoms. The summed E-state index contributed by atoms with van der Waals surface area (Å²) in [6.45, 7) is 4.40. The Morgan fingerprint density at radius 3 is 2.84 bits per heavy atom. The SMILES string of the molecule is CCNC1CCCN(CCCC(=O)NC2CC2)C1=O. The third-order valence-corrected chi connectivity index (χ3v) is 3.76. The molecule has 0 aromatic heterocycles. The van der Waals surface area contributed by atoms with Crippen molar-refractivity contribution in [1.82, 2.24) is 15.5 Å². The molecular formula is C14H25N3O2. The number of likely N-dealkylation sites (tertiary alicyclic amines) is 1. The number of amides is 2. The van der Waals surface area contributed by atoms with Gasteiger partial charge in [-0.15, -0.1) is 0 Å². The van der Waals surface area contributed by atoms with Crippen molar-refractivity contribution in [2.75, 3.05) is 19.6 Å². The molecule has 1 heterocycles. The maximum Gasteiger partial charge on any atom is 0.239 e. The van der Waals surface area contributed by atoms with E-state index in [1.165, 1.54) is 0 Å². The first-order valence-electron chi connectivity index (χ1n) is 7.52. The lowest BCUT2D eigenvalue weighted by Gasteiger charge is -2.32. The van der Waals surface area contributed by atoms with Crippen LogP contribution in [0.5, 0.6) is 0 Å². The zero-order valence-corrected chi connectivity index (χ0v) is 11.8. The second kappa shape index (κ2) is 6.89. The number of nitrogens with zero attached hydrogens (tertiary/aromatic N) is 1. The fourth-order valence-electron chi connectivity index (χ4n) is 2.56. The highest BCUT2D eigenvalue weighted by Gasteiger charge is 2.27. The molecule has 2 aliphatic rings. The van der Waals surface area contributed by atoms with Crippen molar-refractivity contribution >= 4 is 11.8 Å². The van der Waals surface area contributed by atoms with Crippen LogP contribution in [-0.4, -0.2) is 48.4 Å². The van der Waals surface area contributed by atoms with Gasteiger partial charge in [-0.05, 0) is 38.6 Å². The summed E-state index contributed by atoms with van der Waals surface area (Å²) in [5, 5.41) is 6.20. The van der Waals surface area contributed by atoms with E-state index in [1.54, 1.807) is 0 Å². The maximum absolute atomic E-state index is 12.1. The van der Waals surface area contributed by atoms with Crippen LogP contribution in [0.3, 0.4) is 0 Å². The van der Waals surface area contributed by atoms with Crippen LogP contribution in [-0.2, 0) is 9.59 Å². The molecule has 0 radical (unpaired) electrons. The van der Waals surface area contributed by atoms with Gasteiger partial charge in [-0.1, -0.05) is 6.92 Å². The average Bonchev–Trinajstić information content (AvgIpc) is 3.18. The van der Waals surface area contributed by atoms with Crippen LogP contribution < -0.4 is 10.6 Å². The molecule has 1 atom stereocenters. The van der Waals surface area contributed by atoms with Crippen LogP contribution in [0.4, 0.5) is 0 Å². The molecule has 19 heavy (non-hydrogen) atoms. The van der Waals surface area contributed by atoms with Gasteiger partial charge in [0.1, 0.15) is 0 Å². The minimum Gasteiger partial charge on any atom is -0.353 e. The van der Waals surface area contributed by atoms with E-state index in [0.29, 0.717) is 19.0 Å². The number of hydrogen-bond donors (Lipinski definition) is 2. The first kappa shape index (κ1) is 14.3. The lowest BCUT2D eigenvalue weighted by molar-refractivity contribution is -0.136. The maximum atomic E-state index is 12.1. The van der Waals surface area contributed by atoms with Gasteiger partial charge in [0.15, 0.2) is 0 Å². The van der Waals surface area contributed by atoms with Gasteiger partial charge >= 0.3 is 0 Å². The van der Waals surface area contributed by atoms with Crippen LogP contribution in [0, 0.1) is 0 Å². The Balaban J connectivity index is 1.66. The van der Waals surface area contributed by atoms with Crippen molar-refractivity contribution in [2.24, 2.45) is 0 Å². The second-order valence-corrected chi connectivity index (χ2v) is 5.52. The molecular weight excluding hydrogens is 242 g/mol. The van der Waals surface area contributed by atoms with Gasteiger partial charge in [0.2, 0.25) is 11.8 Å². The molecule has 1 unspecified atom stereocenters. The standard InChI is InChI=1S/C14H25N3O2/c1-2-15-12-5-3-9-17(14(12)19)10-4-6-13(18)16-11-7-8-11/h11-12,15H,2-10H2,1H3,(H,16,18). The molecule has 1 saturated carbocycles. The third-order valence-electron chi connectivity index (χ3n) is 3.76. The summed E-state index contributed by atoms with van der Waals surface area (Å²) in [5.74, 6) is 0.339. The molecule has 108 valence electrons. The summed E-state index contributed by atoms with van der Waals surface area (Å²) in [5.41, 5.74) is 0. The number of carbonyl (C=O) groups excluding carboxylic acids is 2. The van der Waals surface area contributed by atoms with Gasteiger partial charge in [0, 0.05) is 25.6 Å². The lowest BCUT2D eigenvalue weighted by atomic mass is 10.0. The number of likely N-dealkylation sites (N-methyl/N-ethyl adjacent to an activating group) is 1. The molecule has 2 rings (SSSR count). The minimum atomic E-state index is -0.0148. The van der Waals surface area contributed by atoms with Crippen molar-refractivity contribution in [3.05, 3.63) is 0 Å². The Hall–Kier alpha value is -1.10. The molecule has 1 aliphatic carbocycles. The molecule has 0 spiro atoms. The molecule has 5 heteroatoms. The Morgan fingerprint density at radius 1 is 1.37 bits per heavy atom. The Bertz CT molecular complexity index is 327. The van der Waals surface area contributed by atoms with Gasteiger partial charge < -0.3 is 15.5 Å². The smallest absolute Gasteiger partial charge is 0.239 e. The van der Waals surface area contributed by atoms with Crippen LogP contribution in [0.25, 0.3) is 0 Å². The number of nitrogens with one attached hydrogen (secondary N) is 2. The van der Waals surface area contributed by atoms with Crippen LogP contribution >= 0.6 is 0 Å². The number of hydrogen-bond acceptors (Lipinski definition) is 3. The number of piperidine rings is 1. The average molecular weight is 267 g/mol. The van der Waals surface area contributed by atoms with Gasteiger partial charge in [0.25, 0.3) is 0 Å². The predicted octanol–water partition coefficient (Wildman–Crippen LogP) is 0.646. The minimum absolute atomic E-state index is 0.0148. The fraction of sp³-hybridized carbons (Fsp3) is 0.857. The van der Waals surface area contributed by atoms with Crippen molar-refractivity contribution in [3.63, 3.8) is 0 Å². The fourth-order valence-corrected chi connectivity index (χ4v) is 2.56. The number of carbonyl (C=O) groups is 2. The molecule has 1 aliphatic heterocycles. The molecule has 0 aromatic rings. The third kappa shape index (κ3) is 4.49. The second-order valence-electron chi connectivity index (χ2n) is 5.52. The monoisotopic (exact) mass is 267 g/mol. The summed E-state index contributed by atoms with van der Waals surface area (Å²) in [4.78, 5) is 25.6. The quantitative estimate of drug-likeness (QED) is 0.712. The van der Waals surface area contributed by atoms with Crippen LogP contribution in [0.15, 0.2) is 0 Å². The van der Waals surface area contributed by atoms with Gasteiger partial charge in [-0.2, -0.15) is 0 Å². The Labute approximate surface area is 115 Å². The van der Waals surface area contributed by atoms with E-state index < -0.39 is 0 Å². The van der Waals surface area contributed by atoms with Crippen molar-refractivity contribution in [1.29, 1.82) is 0 Å². The largest absolute Gasteiger partial charge is 0.353 e. The van der Waals surface area contributed by atoms with Gasteiger partial charge in [0.05, 0.1) is 6.04 Å². The summed E-state index contributed by atoms with van der Waals surface area (Å²) < 4.78 is 0. The Morgan fingerprint density at radius 2 is 2.16 bits per heavy atom. The van der Waals surface area contributed by atoms with Crippen molar-refractivity contribution < 1.29 is 9.59 Å². The highest BCUT2D eigenvalue weighted by atomic mass is 16.2. The summed E-state index contributed by atoms with van der Waals surface area (Å²) in [6, 6.07) is 0.418. The van der Waals surface area contributed by atoms with E-state index in [9.17, 15) is 9.59 Å². The van der Waals surface area contributed by atoms with Crippen LogP contribution in [0.1, 0.15) is 45.4 Å². The molecule has 1 saturated heterocycles. The van der Waals surface area contributed by atoms with E-state index in [-0.39, 0.29) is 17.9 Å². The van der Waals surface area contributed by atoms with Gasteiger partial charge in [-0.3, -0.25) is 9.59 Å². The summed E-state index contributed by atoms with van der Waals surface area (Å²) in [7, 11) is 0. The van der Waals surface area contributed by atoms with E-state index in [4.69, 9.17) is 0 Å². The summed E-state index contributed by atoms with van der Waals surface area (Å²) in [6.07, 6.45) is 5.54. The number of rotatable bonds is 7.